The number of primary amides is 1. The number of thiophene rings is 1. The summed E-state index contributed by atoms with van der Waals surface area (Å²) < 4.78 is 11.4. The lowest BCUT2D eigenvalue weighted by Crippen LogP contribution is -2.35. The number of Topliss-reactive ketones (excluding diaryl/α,β-unsaturated/α-hetero) is 1. The molecule has 1 aliphatic heterocycles. The zero-order chi connectivity index (χ0) is 17.5. The highest BCUT2D eigenvalue weighted by Crippen LogP contribution is 2.49. The van der Waals surface area contributed by atoms with Crippen molar-refractivity contribution in [2.24, 2.45) is 11.1 Å². The summed E-state index contributed by atoms with van der Waals surface area (Å²) in [7, 11) is 0. The SMILES string of the molecule is CCOC1=C(C(N)=O)C(c2cccs2)C2=C(CC(C)(C)CC2=O)O1. The van der Waals surface area contributed by atoms with Crippen LogP contribution >= 0.6 is 11.3 Å². The first-order valence-corrected chi connectivity index (χ1v) is 8.86. The van der Waals surface area contributed by atoms with Crippen molar-refractivity contribution in [2.45, 2.75) is 39.5 Å². The molecule has 6 heteroatoms. The second-order valence-electron chi connectivity index (χ2n) is 6.83. The van der Waals surface area contributed by atoms with E-state index < -0.39 is 11.8 Å². The number of carbonyl (C=O) groups excluding carboxylic acids is 2. The van der Waals surface area contributed by atoms with Crippen molar-refractivity contribution in [3.05, 3.63) is 45.2 Å². The van der Waals surface area contributed by atoms with E-state index in [0.29, 0.717) is 30.8 Å². The fourth-order valence-corrected chi connectivity index (χ4v) is 4.18. The second-order valence-corrected chi connectivity index (χ2v) is 7.81. The van der Waals surface area contributed by atoms with E-state index in [-0.39, 0.29) is 22.7 Å². The van der Waals surface area contributed by atoms with Gasteiger partial charge in [0, 0.05) is 23.3 Å². The Hall–Kier alpha value is -2.08. The lowest BCUT2D eigenvalue weighted by Gasteiger charge is -2.37. The Morgan fingerprint density at radius 1 is 1.46 bits per heavy atom. The Morgan fingerprint density at radius 3 is 2.79 bits per heavy atom. The Kier molecular flexibility index (Phi) is 4.25. The van der Waals surface area contributed by atoms with E-state index in [4.69, 9.17) is 15.2 Å². The molecule has 0 saturated heterocycles. The van der Waals surface area contributed by atoms with Gasteiger partial charge in [-0.2, -0.15) is 0 Å². The normalized spacial score (nSPS) is 23.0. The zero-order valence-corrected chi connectivity index (χ0v) is 14.9. The van der Waals surface area contributed by atoms with Crippen LogP contribution < -0.4 is 5.73 Å². The summed E-state index contributed by atoms with van der Waals surface area (Å²) in [6, 6.07) is 3.80. The first kappa shape index (κ1) is 16.8. The molecule has 1 amide bonds. The molecule has 2 N–H and O–H groups in total. The largest absolute Gasteiger partial charge is 0.465 e. The van der Waals surface area contributed by atoms with E-state index in [1.165, 1.54) is 11.3 Å². The van der Waals surface area contributed by atoms with Crippen LogP contribution in [0.1, 0.15) is 44.4 Å². The highest BCUT2D eigenvalue weighted by Gasteiger charge is 2.45. The molecule has 1 aromatic heterocycles. The van der Waals surface area contributed by atoms with Crippen molar-refractivity contribution in [1.29, 1.82) is 0 Å². The zero-order valence-electron chi connectivity index (χ0n) is 14.0. The van der Waals surface area contributed by atoms with Gasteiger partial charge in [-0.15, -0.1) is 11.3 Å². The van der Waals surface area contributed by atoms with Gasteiger partial charge in [-0.1, -0.05) is 19.9 Å². The molecule has 128 valence electrons. The van der Waals surface area contributed by atoms with Crippen molar-refractivity contribution in [3.63, 3.8) is 0 Å². The summed E-state index contributed by atoms with van der Waals surface area (Å²) in [5.74, 6) is -0.387. The third-order valence-electron chi connectivity index (χ3n) is 4.26. The van der Waals surface area contributed by atoms with Gasteiger partial charge in [-0.3, -0.25) is 9.59 Å². The Morgan fingerprint density at radius 2 is 2.21 bits per heavy atom. The molecule has 0 spiro atoms. The minimum absolute atomic E-state index is 0.00829. The molecule has 0 bridgehead atoms. The van der Waals surface area contributed by atoms with Gasteiger partial charge in [-0.05, 0) is 23.8 Å². The number of nitrogens with two attached hydrogens (primary N) is 1. The maximum Gasteiger partial charge on any atom is 0.294 e. The Labute approximate surface area is 145 Å². The summed E-state index contributed by atoms with van der Waals surface area (Å²) >= 11 is 1.49. The first-order chi connectivity index (χ1) is 11.3. The monoisotopic (exact) mass is 347 g/mol. The predicted molar refractivity (Wildman–Crippen MR) is 91.0 cm³/mol. The number of hydrogen-bond acceptors (Lipinski definition) is 5. The van der Waals surface area contributed by atoms with Crippen LogP contribution in [0.2, 0.25) is 0 Å². The van der Waals surface area contributed by atoms with Crippen molar-refractivity contribution in [3.8, 4) is 0 Å². The molecule has 0 aromatic carbocycles. The molecule has 24 heavy (non-hydrogen) atoms. The van der Waals surface area contributed by atoms with Crippen LogP contribution in [0.4, 0.5) is 0 Å². The van der Waals surface area contributed by atoms with Crippen LogP contribution in [0, 0.1) is 5.41 Å². The fourth-order valence-electron chi connectivity index (χ4n) is 3.34. The number of hydrogen-bond donors (Lipinski definition) is 1. The minimum atomic E-state index is -0.624. The van der Waals surface area contributed by atoms with Crippen molar-refractivity contribution in [2.75, 3.05) is 6.61 Å². The second kappa shape index (κ2) is 6.09. The highest BCUT2D eigenvalue weighted by molar-refractivity contribution is 7.10. The van der Waals surface area contributed by atoms with Crippen LogP contribution in [0.5, 0.6) is 0 Å². The summed E-state index contributed by atoms with van der Waals surface area (Å²) in [6.45, 7) is 6.23. The van der Waals surface area contributed by atoms with Gasteiger partial charge >= 0.3 is 0 Å². The molecule has 3 rings (SSSR count). The number of ether oxygens (including phenoxy) is 2. The molecule has 0 fully saturated rings. The minimum Gasteiger partial charge on any atom is -0.465 e. The molecular formula is C18H21NO4S. The number of carbonyl (C=O) groups is 2. The van der Waals surface area contributed by atoms with Gasteiger partial charge in [0.25, 0.3) is 11.9 Å². The molecule has 5 nitrogen and oxygen atoms in total. The van der Waals surface area contributed by atoms with E-state index in [1.54, 1.807) is 0 Å². The smallest absolute Gasteiger partial charge is 0.294 e. The van der Waals surface area contributed by atoms with Crippen LogP contribution in [0.15, 0.2) is 40.4 Å². The van der Waals surface area contributed by atoms with Gasteiger partial charge < -0.3 is 15.2 Å². The van der Waals surface area contributed by atoms with E-state index in [1.807, 2.05) is 38.3 Å². The van der Waals surface area contributed by atoms with Crippen LogP contribution in [-0.4, -0.2) is 18.3 Å². The fraction of sp³-hybridized carbons (Fsp3) is 0.444. The summed E-state index contributed by atoms with van der Waals surface area (Å²) in [5.41, 5.74) is 6.21. The van der Waals surface area contributed by atoms with Gasteiger partial charge in [0.2, 0.25) is 0 Å². The molecule has 1 atom stereocenters. The average molecular weight is 347 g/mol. The van der Waals surface area contributed by atoms with Gasteiger partial charge in [0.1, 0.15) is 11.3 Å². The summed E-state index contributed by atoms with van der Waals surface area (Å²) in [6.07, 6.45) is 1.05. The topological polar surface area (TPSA) is 78.6 Å². The van der Waals surface area contributed by atoms with Gasteiger partial charge in [0.05, 0.1) is 12.5 Å². The third kappa shape index (κ3) is 2.86. The lowest BCUT2D eigenvalue weighted by molar-refractivity contribution is -0.119. The molecule has 1 unspecified atom stereocenters. The van der Waals surface area contributed by atoms with Crippen LogP contribution in [0.25, 0.3) is 0 Å². The Bertz CT molecular complexity index is 743. The lowest BCUT2D eigenvalue weighted by atomic mass is 9.71. The standard InChI is InChI=1S/C18H21NO4S/c1-4-22-17-15(16(19)21)14(12-6-5-7-24-12)13-10(20)8-18(2,3)9-11(13)23-17/h5-7,14H,4,8-9H2,1-3H3,(H2,19,21). The maximum atomic E-state index is 12.8. The highest BCUT2D eigenvalue weighted by atomic mass is 32.1. The van der Waals surface area contributed by atoms with Gasteiger partial charge in [-0.25, -0.2) is 0 Å². The molecule has 1 aliphatic carbocycles. The maximum absolute atomic E-state index is 12.8. The molecule has 0 radical (unpaired) electrons. The molecule has 1 aromatic rings. The van der Waals surface area contributed by atoms with E-state index in [9.17, 15) is 9.59 Å². The Balaban J connectivity index is 2.19. The van der Waals surface area contributed by atoms with Crippen LogP contribution in [-0.2, 0) is 19.1 Å². The van der Waals surface area contributed by atoms with E-state index >= 15 is 0 Å². The number of amides is 1. The summed E-state index contributed by atoms with van der Waals surface area (Å²) in [4.78, 5) is 25.9. The van der Waals surface area contributed by atoms with Crippen molar-refractivity contribution >= 4 is 23.0 Å². The molecular weight excluding hydrogens is 326 g/mol. The van der Waals surface area contributed by atoms with E-state index in [2.05, 4.69) is 0 Å². The predicted octanol–water partition coefficient (Wildman–Crippen LogP) is 3.24. The molecule has 0 saturated carbocycles. The number of ketones is 1. The third-order valence-corrected chi connectivity index (χ3v) is 5.20. The number of rotatable bonds is 4. The van der Waals surface area contributed by atoms with Crippen molar-refractivity contribution < 1.29 is 19.1 Å². The van der Waals surface area contributed by atoms with Gasteiger partial charge in [0.15, 0.2) is 5.78 Å². The first-order valence-electron chi connectivity index (χ1n) is 7.98. The van der Waals surface area contributed by atoms with E-state index in [0.717, 1.165) is 4.88 Å². The summed E-state index contributed by atoms with van der Waals surface area (Å²) in [5, 5.41) is 1.92. The average Bonchev–Trinajstić information content (AvgIpc) is 2.98. The molecule has 2 aliphatic rings. The van der Waals surface area contributed by atoms with Crippen LogP contribution in [0.3, 0.4) is 0 Å². The number of allylic oxidation sites excluding steroid dienone is 2. The van der Waals surface area contributed by atoms with Crippen molar-refractivity contribution in [1.82, 2.24) is 0 Å². The molecule has 2 heterocycles. The quantitative estimate of drug-likeness (QED) is 0.907.